The van der Waals surface area contributed by atoms with Crippen LogP contribution in [0.15, 0.2) is 24.8 Å². The van der Waals surface area contributed by atoms with E-state index in [1.54, 1.807) is 12.5 Å². The summed E-state index contributed by atoms with van der Waals surface area (Å²) in [6, 6.07) is 1.96. The lowest BCUT2D eigenvalue weighted by atomic mass is 9.94. The van der Waals surface area contributed by atoms with E-state index in [-0.39, 0.29) is 0 Å². The van der Waals surface area contributed by atoms with Crippen molar-refractivity contribution in [3.8, 4) is 5.75 Å². The molecule has 0 amide bonds. The Labute approximate surface area is 149 Å². The van der Waals surface area contributed by atoms with Crippen LogP contribution in [0, 0.1) is 12.8 Å². The quantitative estimate of drug-likeness (QED) is 0.856. The molecule has 5 heteroatoms. The number of hydrogen-bond acceptors (Lipinski definition) is 5. The molecule has 2 aliphatic rings. The van der Waals surface area contributed by atoms with E-state index >= 15 is 0 Å². The Hall–Kier alpha value is -2.17. The SMILES string of the molecule is Cc1cnccc1OCC1CCN(c2ncnc3c2CCCC3)CC1. The lowest BCUT2D eigenvalue weighted by molar-refractivity contribution is 0.221. The third kappa shape index (κ3) is 3.60. The van der Waals surface area contributed by atoms with Gasteiger partial charge in [0.25, 0.3) is 0 Å². The van der Waals surface area contributed by atoms with Gasteiger partial charge in [-0.25, -0.2) is 9.97 Å². The number of fused-ring (bicyclic) bond motifs is 1. The molecular weight excluding hydrogens is 312 g/mol. The van der Waals surface area contributed by atoms with Crippen molar-refractivity contribution >= 4 is 5.82 Å². The van der Waals surface area contributed by atoms with Gasteiger partial charge in [0.1, 0.15) is 17.9 Å². The molecule has 0 aromatic carbocycles. The van der Waals surface area contributed by atoms with Gasteiger partial charge in [0, 0.05) is 42.3 Å². The number of piperidine rings is 1. The Kier molecular flexibility index (Phi) is 4.81. The van der Waals surface area contributed by atoms with Gasteiger partial charge in [-0.2, -0.15) is 0 Å². The van der Waals surface area contributed by atoms with Crippen LogP contribution in [-0.2, 0) is 12.8 Å². The standard InChI is InChI=1S/C20H26N4O/c1-15-12-21-9-6-19(15)25-13-16-7-10-24(11-8-16)20-17-4-2-3-5-18(17)22-14-23-20/h6,9,12,14,16H,2-5,7-8,10-11,13H2,1H3. The van der Waals surface area contributed by atoms with Gasteiger partial charge in [0.05, 0.1) is 6.61 Å². The van der Waals surface area contributed by atoms with Crippen molar-refractivity contribution in [2.75, 3.05) is 24.6 Å². The summed E-state index contributed by atoms with van der Waals surface area (Å²) in [7, 11) is 0. The predicted octanol–water partition coefficient (Wildman–Crippen LogP) is 3.35. The molecule has 1 aliphatic heterocycles. The molecule has 4 rings (SSSR count). The highest BCUT2D eigenvalue weighted by Gasteiger charge is 2.25. The number of rotatable bonds is 4. The number of anilines is 1. The van der Waals surface area contributed by atoms with Gasteiger partial charge in [0.2, 0.25) is 0 Å². The number of aromatic nitrogens is 3. The molecule has 3 heterocycles. The Balaban J connectivity index is 1.35. The second-order valence-electron chi connectivity index (χ2n) is 7.21. The first-order chi connectivity index (χ1) is 12.3. The number of aryl methyl sites for hydroxylation is 2. The molecule has 0 atom stereocenters. The molecule has 0 radical (unpaired) electrons. The van der Waals surface area contributed by atoms with Gasteiger partial charge in [0.15, 0.2) is 0 Å². The monoisotopic (exact) mass is 338 g/mol. The van der Waals surface area contributed by atoms with E-state index in [9.17, 15) is 0 Å². The zero-order chi connectivity index (χ0) is 17.1. The highest BCUT2D eigenvalue weighted by molar-refractivity contribution is 5.49. The van der Waals surface area contributed by atoms with Gasteiger partial charge in [-0.15, -0.1) is 0 Å². The zero-order valence-corrected chi connectivity index (χ0v) is 14.9. The fraction of sp³-hybridized carbons (Fsp3) is 0.550. The molecule has 2 aromatic rings. The Morgan fingerprint density at radius 1 is 1.16 bits per heavy atom. The van der Waals surface area contributed by atoms with Crippen molar-refractivity contribution in [1.29, 1.82) is 0 Å². The van der Waals surface area contributed by atoms with Crippen LogP contribution in [0.3, 0.4) is 0 Å². The van der Waals surface area contributed by atoms with Crippen molar-refractivity contribution in [3.63, 3.8) is 0 Å². The smallest absolute Gasteiger partial charge is 0.135 e. The van der Waals surface area contributed by atoms with Crippen molar-refractivity contribution in [2.24, 2.45) is 5.92 Å². The summed E-state index contributed by atoms with van der Waals surface area (Å²) < 4.78 is 6.02. The van der Waals surface area contributed by atoms with Crippen LogP contribution < -0.4 is 9.64 Å². The van der Waals surface area contributed by atoms with E-state index in [0.717, 1.165) is 56.7 Å². The summed E-state index contributed by atoms with van der Waals surface area (Å²) in [4.78, 5) is 15.7. The molecule has 1 aliphatic carbocycles. The first-order valence-electron chi connectivity index (χ1n) is 9.42. The van der Waals surface area contributed by atoms with E-state index in [1.807, 2.05) is 19.2 Å². The maximum atomic E-state index is 6.02. The molecule has 1 saturated heterocycles. The molecule has 0 spiro atoms. The van der Waals surface area contributed by atoms with Crippen LogP contribution in [0.5, 0.6) is 5.75 Å². The summed E-state index contributed by atoms with van der Waals surface area (Å²) in [5.74, 6) is 2.76. The summed E-state index contributed by atoms with van der Waals surface area (Å²) in [6.45, 7) is 4.96. The molecule has 132 valence electrons. The fourth-order valence-electron chi connectivity index (χ4n) is 3.92. The second kappa shape index (κ2) is 7.38. The Bertz CT molecular complexity index is 725. The third-order valence-electron chi connectivity index (χ3n) is 5.46. The van der Waals surface area contributed by atoms with Gasteiger partial charge in [-0.3, -0.25) is 4.98 Å². The van der Waals surface area contributed by atoms with E-state index in [1.165, 1.54) is 29.9 Å². The molecule has 2 aromatic heterocycles. The van der Waals surface area contributed by atoms with Crippen LogP contribution in [0.2, 0.25) is 0 Å². The number of pyridine rings is 1. The molecule has 0 N–H and O–H groups in total. The summed E-state index contributed by atoms with van der Waals surface area (Å²) in [6.07, 6.45) is 12.5. The minimum atomic E-state index is 0.612. The number of ether oxygens (including phenoxy) is 1. The van der Waals surface area contributed by atoms with E-state index in [0.29, 0.717) is 5.92 Å². The molecule has 25 heavy (non-hydrogen) atoms. The lowest BCUT2D eigenvalue weighted by Gasteiger charge is -2.34. The second-order valence-corrected chi connectivity index (χ2v) is 7.21. The van der Waals surface area contributed by atoms with E-state index < -0.39 is 0 Å². The predicted molar refractivity (Wildman–Crippen MR) is 98.1 cm³/mol. The van der Waals surface area contributed by atoms with Crippen LogP contribution in [0.25, 0.3) is 0 Å². The van der Waals surface area contributed by atoms with Gasteiger partial charge < -0.3 is 9.64 Å². The Morgan fingerprint density at radius 2 is 2.00 bits per heavy atom. The number of nitrogens with zero attached hydrogens (tertiary/aromatic N) is 4. The largest absolute Gasteiger partial charge is 0.493 e. The normalized spacial score (nSPS) is 18.0. The van der Waals surface area contributed by atoms with Crippen LogP contribution in [0.4, 0.5) is 5.82 Å². The molecule has 0 bridgehead atoms. The minimum Gasteiger partial charge on any atom is -0.493 e. The first-order valence-corrected chi connectivity index (χ1v) is 9.42. The van der Waals surface area contributed by atoms with Crippen LogP contribution >= 0.6 is 0 Å². The molecule has 1 fully saturated rings. The summed E-state index contributed by atoms with van der Waals surface area (Å²) >= 11 is 0. The van der Waals surface area contributed by atoms with Crippen molar-refractivity contribution in [2.45, 2.75) is 45.4 Å². The van der Waals surface area contributed by atoms with Crippen molar-refractivity contribution in [1.82, 2.24) is 15.0 Å². The van der Waals surface area contributed by atoms with Gasteiger partial charge >= 0.3 is 0 Å². The maximum absolute atomic E-state index is 6.02. The van der Waals surface area contributed by atoms with Crippen LogP contribution in [-0.4, -0.2) is 34.6 Å². The lowest BCUT2D eigenvalue weighted by Crippen LogP contribution is -2.37. The first kappa shape index (κ1) is 16.3. The van der Waals surface area contributed by atoms with E-state index in [2.05, 4.69) is 19.9 Å². The Morgan fingerprint density at radius 3 is 2.84 bits per heavy atom. The molecule has 0 unspecified atom stereocenters. The van der Waals surface area contributed by atoms with Gasteiger partial charge in [-0.05, 0) is 57.4 Å². The van der Waals surface area contributed by atoms with Crippen molar-refractivity contribution < 1.29 is 4.74 Å². The zero-order valence-electron chi connectivity index (χ0n) is 14.9. The molecular formula is C20H26N4O. The third-order valence-corrected chi connectivity index (χ3v) is 5.46. The molecule has 0 saturated carbocycles. The summed E-state index contributed by atoms with van der Waals surface area (Å²) in [5, 5.41) is 0. The summed E-state index contributed by atoms with van der Waals surface area (Å²) in [5.41, 5.74) is 3.78. The number of hydrogen-bond donors (Lipinski definition) is 0. The molecule has 5 nitrogen and oxygen atoms in total. The van der Waals surface area contributed by atoms with Gasteiger partial charge in [-0.1, -0.05) is 0 Å². The average Bonchev–Trinajstić information content (AvgIpc) is 2.67. The highest BCUT2D eigenvalue weighted by Crippen LogP contribution is 2.30. The average molecular weight is 338 g/mol. The topological polar surface area (TPSA) is 51.1 Å². The van der Waals surface area contributed by atoms with Crippen molar-refractivity contribution in [3.05, 3.63) is 41.6 Å². The maximum Gasteiger partial charge on any atom is 0.135 e. The minimum absolute atomic E-state index is 0.612. The highest BCUT2D eigenvalue weighted by atomic mass is 16.5. The fourth-order valence-corrected chi connectivity index (χ4v) is 3.92. The van der Waals surface area contributed by atoms with Crippen LogP contribution in [0.1, 0.15) is 42.5 Å². The van der Waals surface area contributed by atoms with E-state index in [4.69, 9.17) is 4.74 Å².